The van der Waals surface area contributed by atoms with Crippen LogP contribution < -0.4 is 5.73 Å². The van der Waals surface area contributed by atoms with Crippen LogP contribution in [0.5, 0.6) is 0 Å². The summed E-state index contributed by atoms with van der Waals surface area (Å²) in [4.78, 5) is 18.7. The number of hydrogen-bond donors (Lipinski definition) is 1. The minimum Gasteiger partial charge on any atom is -0.381 e. The van der Waals surface area contributed by atoms with Crippen LogP contribution in [0.3, 0.4) is 0 Å². The zero-order chi connectivity index (χ0) is 18.4. The van der Waals surface area contributed by atoms with Crippen molar-refractivity contribution in [1.82, 2.24) is 9.88 Å². The summed E-state index contributed by atoms with van der Waals surface area (Å²) in [7, 11) is 0. The summed E-state index contributed by atoms with van der Waals surface area (Å²) < 4.78 is 5.52. The van der Waals surface area contributed by atoms with Gasteiger partial charge in [-0.3, -0.25) is 14.7 Å². The van der Waals surface area contributed by atoms with E-state index in [0.29, 0.717) is 22.7 Å². The molecule has 1 aromatic carbocycles. The Labute approximate surface area is 159 Å². The second kappa shape index (κ2) is 6.43. The molecule has 0 unspecified atom stereocenters. The number of hydrogen-bond acceptors (Lipinski definition) is 4. The predicted octanol–water partition coefficient (Wildman–Crippen LogP) is 2.60. The Hall–Kier alpha value is -2.24. The Balaban J connectivity index is 1.37. The van der Waals surface area contributed by atoms with Gasteiger partial charge in [0.2, 0.25) is 0 Å². The highest BCUT2D eigenvalue weighted by molar-refractivity contribution is 5.98. The number of pyridine rings is 1. The van der Waals surface area contributed by atoms with Gasteiger partial charge in [0.05, 0.1) is 11.3 Å². The summed E-state index contributed by atoms with van der Waals surface area (Å²) in [6.45, 7) is 4.19. The number of primary amides is 1. The maximum atomic E-state index is 11.7. The molecule has 3 fully saturated rings. The minimum atomic E-state index is -0.439. The molecule has 140 valence electrons. The first-order chi connectivity index (χ1) is 13.2. The molecular weight excluding hydrogens is 338 g/mol. The molecule has 2 atom stereocenters. The highest BCUT2D eigenvalue weighted by Gasteiger charge is 2.61. The summed E-state index contributed by atoms with van der Waals surface area (Å²) in [5.41, 5.74) is 9.33. The van der Waals surface area contributed by atoms with Crippen molar-refractivity contribution in [2.45, 2.75) is 30.7 Å². The summed E-state index contributed by atoms with van der Waals surface area (Å²) in [5, 5.41) is 0. The fourth-order valence-corrected chi connectivity index (χ4v) is 5.09. The van der Waals surface area contributed by atoms with Crippen molar-refractivity contribution in [2.75, 3.05) is 26.3 Å². The first kappa shape index (κ1) is 16.9. The van der Waals surface area contributed by atoms with Crippen LogP contribution in [0.2, 0.25) is 0 Å². The van der Waals surface area contributed by atoms with E-state index in [1.807, 2.05) is 0 Å². The number of aromatic nitrogens is 1. The van der Waals surface area contributed by atoms with Crippen molar-refractivity contribution in [2.24, 2.45) is 11.7 Å². The van der Waals surface area contributed by atoms with E-state index < -0.39 is 5.91 Å². The molecule has 2 aliphatic heterocycles. The zero-order valence-corrected chi connectivity index (χ0v) is 15.4. The first-order valence-corrected chi connectivity index (χ1v) is 9.85. The molecule has 0 radical (unpaired) electrons. The van der Waals surface area contributed by atoms with Crippen molar-refractivity contribution < 1.29 is 9.53 Å². The van der Waals surface area contributed by atoms with E-state index in [1.54, 1.807) is 18.3 Å². The molecule has 1 amide bonds. The van der Waals surface area contributed by atoms with Crippen molar-refractivity contribution in [3.63, 3.8) is 0 Å². The van der Waals surface area contributed by atoms with Crippen LogP contribution in [0.1, 0.15) is 35.2 Å². The van der Waals surface area contributed by atoms with Gasteiger partial charge >= 0.3 is 0 Å². The Morgan fingerprint density at radius 3 is 2.70 bits per heavy atom. The molecule has 2 N–H and O–H groups in total. The summed E-state index contributed by atoms with van der Waals surface area (Å²) in [6.07, 6.45) is 5.32. The molecule has 5 rings (SSSR count). The number of fused-ring (bicyclic) bond motifs is 1. The third-order valence-corrected chi connectivity index (χ3v) is 6.69. The second-order valence-corrected chi connectivity index (χ2v) is 8.17. The molecule has 3 aliphatic rings. The number of piperidine rings is 1. The Morgan fingerprint density at radius 2 is 1.96 bits per heavy atom. The van der Waals surface area contributed by atoms with E-state index in [1.165, 1.54) is 18.5 Å². The first-order valence-electron chi connectivity index (χ1n) is 9.85. The van der Waals surface area contributed by atoms with Crippen LogP contribution in [-0.4, -0.2) is 48.1 Å². The van der Waals surface area contributed by atoms with Crippen LogP contribution >= 0.6 is 0 Å². The number of nitrogens with zero attached hydrogens (tertiary/aromatic N) is 2. The van der Waals surface area contributed by atoms with Gasteiger partial charge in [0, 0.05) is 49.5 Å². The molecule has 2 aromatic rings. The van der Waals surface area contributed by atoms with E-state index in [2.05, 4.69) is 34.1 Å². The van der Waals surface area contributed by atoms with Crippen LogP contribution in [0.4, 0.5) is 0 Å². The lowest BCUT2D eigenvalue weighted by molar-refractivity contribution is 0.0378. The number of amides is 1. The van der Waals surface area contributed by atoms with Crippen LogP contribution in [0.15, 0.2) is 42.6 Å². The summed E-state index contributed by atoms with van der Waals surface area (Å²) in [6, 6.07) is 12.8. The zero-order valence-electron chi connectivity index (χ0n) is 15.4. The average Bonchev–Trinajstić information content (AvgIpc) is 3.29. The van der Waals surface area contributed by atoms with E-state index in [-0.39, 0.29) is 0 Å². The van der Waals surface area contributed by atoms with E-state index in [9.17, 15) is 4.79 Å². The fraction of sp³-hybridized carbons (Fsp3) is 0.455. The smallest absolute Gasteiger partial charge is 0.250 e. The van der Waals surface area contributed by atoms with Gasteiger partial charge in [-0.25, -0.2) is 0 Å². The quantitative estimate of drug-likeness (QED) is 0.907. The summed E-state index contributed by atoms with van der Waals surface area (Å²) >= 11 is 0. The lowest BCUT2D eigenvalue weighted by Crippen LogP contribution is -2.40. The SMILES string of the molecule is NC(=O)c1cccnc1-c1ccc([C@@]23C[C@@H]2CN(C2CCOCC2)C3)cc1. The molecule has 5 heteroatoms. The van der Waals surface area contributed by atoms with Gasteiger partial charge in [-0.2, -0.15) is 0 Å². The number of rotatable bonds is 4. The number of carbonyl (C=O) groups is 1. The second-order valence-electron chi connectivity index (χ2n) is 8.17. The van der Waals surface area contributed by atoms with Gasteiger partial charge < -0.3 is 10.5 Å². The number of benzene rings is 1. The van der Waals surface area contributed by atoms with Gasteiger partial charge in [-0.1, -0.05) is 24.3 Å². The van der Waals surface area contributed by atoms with Crippen LogP contribution in [0.25, 0.3) is 11.3 Å². The van der Waals surface area contributed by atoms with Crippen molar-refractivity contribution in [3.05, 3.63) is 53.7 Å². The summed E-state index contributed by atoms with van der Waals surface area (Å²) in [5.74, 6) is 0.341. The van der Waals surface area contributed by atoms with E-state index >= 15 is 0 Å². The highest BCUT2D eigenvalue weighted by atomic mass is 16.5. The van der Waals surface area contributed by atoms with Crippen molar-refractivity contribution in [3.8, 4) is 11.3 Å². The molecule has 3 heterocycles. The lowest BCUT2D eigenvalue weighted by Gasteiger charge is -2.33. The van der Waals surface area contributed by atoms with Gasteiger partial charge in [0.15, 0.2) is 0 Å². The molecule has 1 aliphatic carbocycles. The molecule has 27 heavy (non-hydrogen) atoms. The Bertz CT molecular complexity index is 860. The molecule has 5 nitrogen and oxygen atoms in total. The Morgan fingerprint density at radius 1 is 1.19 bits per heavy atom. The molecule has 0 bridgehead atoms. The van der Waals surface area contributed by atoms with Gasteiger partial charge in [-0.15, -0.1) is 0 Å². The Kier molecular flexibility index (Phi) is 4.02. The molecular formula is C22H25N3O2. The lowest BCUT2D eigenvalue weighted by atomic mass is 9.92. The maximum absolute atomic E-state index is 11.7. The average molecular weight is 363 g/mol. The van der Waals surface area contributed by atoms with E-state index in [4.69, 9.17) is 10.5 Å². The highest BCUT2D eigenvalue weighted by Crippen LogP contribution is 2.59. The third-order valence-electron chi connectivity index (χ3n) is 6.69. The maximum Gasteiger partial charge on any atom is 0.250 e. The van der Waals surface area contributed by atoms with Gasteiger partial charge in [0.1, 0.15) is 0 Å². The largest absolute Gasteiger partial charge is 0.381 e. The minimum absolute atomic E-state index is 0.327. The molecule has 0 spiro atoms. The van der Waals surface area contributed by atoms with Crippen LogP contribution in [-0.2, 0) is 10.2 Å². The molecule has 1 saturated carbocycles. The normalized spacial score (nSPS) is 28.1. The van der Waals surface area contributed by atoms with Crippen molar-refractivity contribution in [1.29, 1.82) is 0 Å². The van der Waals surface area contributed by atoms with Crippen LogP contribution in [0, 0.1) is 5.92 Å². The molecule has 2 saturated heterocycles. The number of carbonyl (C=O) groups excluding carboxylic acids is 1. The third kappa shape index (κ3) is 2.86. The van der Waals surface area contributed by atoms with Gasteiger partial charge in [0.25, 0.3) is 5.91 Å². The molecule has 1 aromatic heterocycles. The standard InChI is InChI=1S/C22H25N3O2/c23-21(26)19-2-1-9-24-20(19)15-3-5-16(6-4-15)22-12-17(22)13-25(14-22)18-7-10-27-11-8-18/h1-6,9,17-18H,7-8,10-14H2,(H2,23,26)/t17-,22+/m1/s1. The van der Waals surface area contributed by atoms with Crippen molar-refractivity contribution >= 4 is 5.91 Å². The number of nitrogens with two attached hydrogens (primary N) is 1. The number of likely N-dealkylation sites (tertiary alicyclic amines) is 1. The fourth-order valence-electron chi connectivity index (χ4n) is 5.09. The monoisotopic (exact) mass is 363 g/mol. The number of ether oxygens (including phenoxy) is 1. The van der Waals surface area contributed by atoms with Gasteiger partial charge in [-0.05, 0) is 42.9 Å². The predicted molar refractivity (Wildman–Crippen MR) is 103 cm³/mol. The topological polar surface area (TPSA) is 68.5 Å². The van der Waals surface area contributed by atoms with E-state index in [0.717, 1.165) is 44.1 Å².